The van der Waals surface area contributed by atoms with Crippen LogP contribution in [0.5, 0.6) is 5.75 Å². The molecule has 4 nitrogen and oxygen atoms in total. The average molecular weight is 220 g/mol. The van der Waals surface area contributed by atoms with Gasteiger partial charge in [-0.1, -0.05) is 12.1 Å². The van der Waals surface area contributed by atoms with Crippen LogP contribution in [0.1, 0.15) is 19.8 Å². The van der Waals surface area contributed by atoms with Gasteiger partial charge in [-0.15, -0.1) is 0 Å². The zero-order valence-electron chi connectivity index (χ0n) is 9.32. The number of rotatable bonds is 4. The van der Waals surface area contributed by atoms with E-state index in [0.717, 1.165) is 12.8 Å². The van der Waals surface area contributed by atoms with Crippen molar-refractivity contribution in [2.75, 3.05) is 11.9 Å². The van der Waals surface area contributed by atoms with Crippen molar-refractivity contribution in [3.05, 3.63) is 24.3 Å². The van der Waals surface area contributed by atoms with Crippen LogP contribution in [0.2, 0.25) is 0 Å². The third-order valence-corrected chi connectivity index (χ3v) is 2.35. The van der Waals surface area contributed by atoms with E-state index < -0.39 is 0 Å². The summed E-state index contributed by atoms with van der Waals surface area (Å²) in [5, 5.41) is 5.66. The average Bonchev–Trinajstić information content (AvgIpc) is 3.05. The molecule has 2 amide bonds. The summed E-state index contributed by atoms with van der Waals surface area (Å²) in [6.07, 6.45) is 2.17. The van der Waals surface area contributed by atoms with Crippen molar-refractivity contribution in [1.29, 1.82) is 0 Å². The minimum atomic E-state index is -0.158. The second-order valence-electron chi connectivity index (χ2n) is 3.80. The Balaban J connectivity index is 1.98. The lowest BCUT2D eigenvalue weighted by Gasteiger charge is -2.11. The van der Waals surface area contributed by atoms with E-state index in [4.69, 9.17) is 4.74 Å². The van der Waals surface area contributed by atoms with Gasteiger partial charge in [0.15, 0.2) is 0 Å². The van der Waals surface area contributed by atoms with Crippen LogP contribution in [-0.4, -0.2) is 18.7 Å². The van der Waals surface area contributed by atoms with Gasteiger partial charge in [0.05, 0.1) is 12.3 Å². The third-order valence-electron chi connectivity index (χ3n) is 2.35. The molecule has 2 N–H and O–H groups in total. The molecule has 0 unspecified atom stereocenters. The predicted octanol–water partition coefficient (Wildman–Crippen LogP) is 2.37. The first-order chi connectivity index (χ1) is 7.79. The molecule has 0 bridgehead atoms. The molecule has 2 rings (SSSR count). The number of para-hydroxylation sites is 2. The summed E-state index contributed by atoms with van der Waals surface area (Å²) in [4.78, 5) is 11.5. The molecule has 1 fully saturated rings. The van der Waals surface area contributed by atoms with Gasteiger partial charge in [-0.25, -0.2) is 4.79 Å². The predicted molar refractivity (Wildman–Crippen MR) is 62.8 cm³/mol. The number of carbonyl (C=O) groups is 1. The fraction of sp³-hybridized carbons (Fsp3) is 0.417. The maximum absolute atomic E-state index is 11.5. The molecule has 1 aliphatic rings. The Bertz CT molecular complexity index is 375. The van der Waals surface area contributed by atoms with Crippen molar-refractivity contribution >= 4 is 11.7 Å². The van der Waals surface area contributed by atoms with Crippen LogP contribution in [0.25, 0.3) is 0 Å². The summed E-state index contributed by atoms with van der Waals surface area (Å²) < 4.78 is 5.42. The van der Waals surface area contributed by atoms with E-state index in [1.807, 2.05) is 31.2 Å². The zero-order valence-corrected chi connectivity index (χ0v) is 9.32. The van der Waals surface area contributed by atoms with Gasteiger partial charge in [0.1, 0.15) is 5.75 Å². The Kier molecular flexibility index (Phi) is 3.29. The van der Waals surface area contributed by atoms with E-state index in [0.29, 0.717) is 24.1 Å². The number of urea groups is 1. The molecule has 1 aromatic rings. The number of nitrogens with one attached hydrogen (secondary N) is 2. The van der Waals surface area contributed by atoms with E-state index in [9.17, 15) is 4.79 Å². The molecule has 0 aliphatic heterocycles. The van der Waals surface area contributed by atoms with Crippen LogP contribution in [0.15, 0.2) is 24.3 Å². The molecule has 0 heterocycles. The Morgan fingerprint density at radius 3 is 2.88 bits per heavy atom. The minimum absolute atomic E-state index is 0.158. The first-order valence-electron chi connectivity index (χ1n) is 5.59. The quantitative estimate of drug-likeness (QED) is 0.818. The molecule has 86 valence electrons. The number of hydrogen-bond donors (Lipinski definition) is 2. The fourth-order valence-electron chi connectivity index (χ4n) is 1.42. The van der Waals surface area contributed by atoms with Crippen molar-refractivity contribution in [1.82, 2.24) is 5.32 Å². The minimum Gasteiger partial charge on any atom is -0.492 e. The van der Waals surface area contributed by atoms with Gasteiger partial charge in [-0.05, 0) is 31.9 Å². The third kappa shape index (κ3) is 2.89. The van der Waals surface area contributed by atoms with Crippen molar-refractivity contribution in [3.63, 3.8) is 0 Å². The SMILES string of the molecule is CCOc1ccccc1NC(=O)NC1CC1. The van der Waals surface area contributed by atoms with Crippen molar-refractivity contribution < 1.29 is 9.53 Å². The van der Waals surface area contributed by atoms with Crippen molar-refractivity contribution in [2.45, 2.75) is 25.8 Å². The Hall–Kier alpha value is -1.71. The number of carbonyl (C=O) groups excluding carboxylic acids is 1. The number of amides is 2. The summed E-state index contributed by atoms with van der Waals surface area (Å²) in [7, 11) is 0. The molecule has 1 aliphatic carbocycles. The van der Waals surface area contributed by atoms with Gasteiger partial charge in [0.2, 0.25) is 0 Å². The molecule has 0 atom stereocenters. The molecule has 0 spiro atoms. The maximum Gasteiger partial charge on any atom is 0.319 e. The highest BCUT2D eigenvalue weighted by Gasteiger charge is 2.23. The van der Waals surface area contributed by atoms with E-state index in [1.54, 1.807) is 0 Å². The van der Waals surface area contributed by atoms with Crippen LogP contribution >= 0.6 is 0 Å². The second kappa shape index (κ2) is 4.88. The van der Waals surface area contributed by atoms with Gasteiger partial charge in [0.25, 0.3) is 0 Å². The molecule has 0 radical (unpaired) electrons. The molecule has 1 aromatic carbocycles. The molecular formula is C12H16N2O2. The summed E-state index contributed by atoms with van der Waals surface area (Å²) in [5.74, 6) is 0.705. The van der Waals surface area contributed by atoms with Crippen molar-refractivity contribution in [3.8, 4) is 5.75 Å². The molecule has 0 saturated heterocycles. The molecule has 0 aromatic heterocycles. The van der Waals surface area contributed by atoms with Gasteiger partial charge < -0.3 is 15.4 Å². The highest BCUT2D eigenvalue weighted by molar-refractivity contribution is 5.91. The van der Waals surface area contributed by atoms with Crippen LogP contribution in [0.4, 0.5) is 10.5 Å². The van der Waals surface area contributed by atoms with E-state index >= 15 is 0 Å². The summed E-state index contributed by atoms with van der Waals surface area (Å²) in [6.45, 7) is 2.50. The van der Waals surface area contributed by atoms with Crippen LogP contribution in [0, 0.1) is 0 Å². The highest BCUT2D eigenvalue weighted by atomic mass is 16.5. The normalized spacial score (nSPS) is 14.3. The smallest absolute Gasteiger partial charge is 0.319 e. The van der Waals surface area contributed by atoms with E-state index in [-0.39, 0.29) is 6.03 Å². The molecule has 1 saturated carbocycles. The first kappa shape index (κ1) is 10.8. The monoisotopic (exact) mass is 220 g/mol. The lowest BCUT2D eigenvalue weighted by Crippen LogP contribution is -2.30. The standard InChI is InChI=1S/C12H16N2O2/c1-2-16-11-6-4-3-5-10(11)14-12(15)13-9-7-8-9/h3-6,9H,2,7-8H2,1H3,(H2,13,14,15). The summed E-state index contributed by atoms with van der Waals surface area (Å²) in [6, 6.07) is 7.63. The number of hydrogen-bond acceptors (Lipinski definition) is 2. The van der Waals surface area contributed by atoms with E-state index in [2.05, 4.69) is 10.6 Å². The highest BCUT2D eigenvalue weighted by Crippen LogP contribution is 2.24. The summed E-state index contributed by atoms with van der Waals surface area (Å²) >= 11 is 0. The van der Waals surface area contributed by atoms with Crippen LogP contribution in [-0.2, 0) is 0 Å². The molecule has 16 heavy (non-hydrogen) atoms. The number of anilines is 1. The Morgan fingerprint density at radius 1 is 1.44 bits per heavy atom. The van der Waals surface area contributed by atoms with Crippen LogP contribution < -0.4 is 15.4 Å². The molecular weight excluding hydrogens is 204 g/mol. The zero-order chi connectivity index (χ0) is 11.4. The molecule has 4 heteroatoms. The Morgan fingerprint density at radius 2 is 2.19 bits per heavy atom. The van der Waals surface area contributed by atoms with Gasteiger partial charge in [-0.2, -0.15) is 0 Å². The fourth-order valence-corrected chi connectivity index (χ4v) is 1.42. The van der Waals surface area contributed by atoms with E-state index in [1.165, 1.54) is 0 Å². The van der Waals surface area contributed by atoms with Gasteiger partial charge >= 0.3 is 6.03 Å². The number of benzene rings is 1. The second-order valence-corrected chi connectivity index (χ2v) is 3.80. The number of ether oxygens (including phenoxy) is 1. The van der Waals surface area contributed by atoms with Crippen molar-refractivity contribution in [2.24, 2.45) is 0 Å². The van der Waals surface area contributed by atoms with Crippen LogP contribution in [0.3, 0.4) is 0 Å². The lowest BCUT2D eigenvalue weighted by atomic mass is 10.3. The summed E-state index contributed by atoms with van der Waals surface area (Å²) in [5.41, 5.74) is 0.711. The Labute approximate surface area is 95.0 Å². The largest absolute Gasteiger partial charge is 0.492 e. The first-order valence-corrected chi connectivity index (χ1v) is 5.59. The lowest BCUT2D eigenvalue weighted by molar-refractivity contribution is 0.251. The van der Waals surface area contributed by atoms with Gasteiger partial charge in [-0.3, -0.25) is 0 Å². The topological polar surface area (TPSA) is 50.4 Å². The van der Waals surface area contributed by atoms with Gasteiger partial charge in [0, 0.05) is 6.04 Å². The maximum atomic E-state index is 11.5.